The van der Waals surface area contributed by atoms with Crippen LogP contribution in [0.3, 0.4) is 0 Å². The van der Waals surface area contributed by atoms with Crippen LogP contribution in [0, 0.1) is 11.3 Å². The topological polar surface area (TPSA) is 118 Å². The molecule has 1 aliphatic carbocycles. The van der Waals surface area contributed by atoms with Gasteiger partial charge in [-0.3, -0.25) is 4.99 Å². The third kappa shape index (κ3) is 1.32. The fourth-order valence-corrected chi connectivity index (χ4v) is 5.14. The maximum absolute atomic E-state index is 10.5. The Balaban J connectivity index is 1.74. The zero-order valence-electron chi connectivity index (χ0n) is 11.2. The average molecular weight is 309 g/mol. The van der Waals surface area contributed by atoms with Gasteiger partial charge in [-0.25, -0.2) is 0 Å². The second-order valence-corrected chi connectivity index (χ2v) is 7.13. The molecule has 7 unspecified atom stereocenters. The molecular weight excluding hydrogens is 294 g/mol. The summed E-state index contributed by atoms with van der Waals surface area (Å²) in [6.45, 7) is 2.45. The molecule has 7 nitrogen and oxygen atoms in total. The van der Waals surface area contributed by atoms with E-state index in [1.807, 2.05) is 12.3 Å². The molecule has 0 aromatic carbocycles. The normalized spacial score (nSPS) is 57.0. The summed E-state index contributed by atoms with van der Waals surface area (Å²) in [5, 5.41) is 44.7. The molecule has 0 bridgehead atoms. The van der Waals surface area contributed by atoms with E-state index in [2.05, 4.69) is 16.4 Å². The van der Waals surface area contributed by atoms with E-state index in [0.717, 1.165) is 5.57 Å². The summed E-state index contributed by atoms with van der Waals surface area (Å²) in [5.41, 5.74) is -2.88. The number of thioether (sulfide) groups is 1. The molecule has 21 heavy (non-hydrogen) atoms. The molecule has 3 aliphatic heterocycles. The zero-order valence-corrected chi connectivity index (χ0v) is 12.0. The van der Waals surface area contributed by atoms with Crippen LogP contribution in [-0.2, 0) is 4.74 Å². The summed E-state index contributed by atoms with van der Waals surface area (Å²) in [6.07, 6.45) is -1.91. The van der Waals surface area contributed by atoms with Crippen LogP contribution in [0.1, 0.15) is 6.92 Å². The highest BCUT2D eigenvalue weighted by Gasteiger charge is 2.83. The molecule has 1 saturated carbocycles. The van der Waals surface area contributed by atoms with Crippen LogP contribution in [0.25, 0.3) is 0 Å². The van der Waals surface area contributed by atoms with Gasteiger partial charge in [0.05, 0.1) is 23.7 Å². The van der Waals surface area contributed by atoms with Crippen LogP contribution < -0.4 is 5.32 Å². The Labute approximate surface area is 125 Å². The Hall–Kier alpha value is -1.11. The summed E-state index contributed by atoms with van der Waals surface area (Å²) >= 11 is 1.39. The highest BCUT2D eigenvalue weighted by atomic mass is 32.2. The Morgan fingerprint density at radius 2 is 2.33 bits per heavy atom. The SMILES string of the molecule is CC12NC=NCC1=CSC2C1(C#N)OC2C(O)C2(O)C1O. The first kappa shape index (κ1) is 13.5. The number of nitriles is 1. The lowest BCUT2D eigenvalue weighted by atomic mass is 9.77. The second-order valence-electron chi connectivity index (χ2n) is 6.15. The second kappa shape index (κ2) is 3.80. The van der Waals surface area contributed by atoms with Gasteiger partial charge < -0.3 is 25.4 Å². The van der Waals surface area contributed by atoms with Crippen molar-refractivity contribution in [2.45, 2.75) is 47.2 Å². The molecule has 0 amide bonds. The van der Waals surface area contributed by atoms with E-state index in [-0.39, 0.29) is 0 Å². The predicted octanol–water partition coefficient (Wildman–Crippen LogP) is -1.50. The van der Waals surface area contributed by atoms with Crippen molar-refractivity contribution in [3.8, 4) is 6.07 Å². The average Bonchev–Trinajstić information content (AvgIpc) is 2.77. The van der Waals surface area contributed by atoms with Crippen LogP contribution in [0.2, 0.25) is 0 Å². The van der Waals surface area contributed by atoms with E-state index < -0.39 is 40.3 Å². The molecule has 3 heterocycles. The highest BCUT2D eigenvalue weighted by molar-refractivity contribution is 8.03. The van der Waals surface area contributed by atoms with Crippen molar-refractivity contribution in [3.63, 3.8) is 0 Å². The molecule has 7 atom stereocenters. The van der Waals surface area contributed by atoms with Gasteiger partial charge >= 0.3 is 0 Å². The Morgan fingerprint density at radius 1 is 1.57 bits per heavy atom. The minimum Gasteiger partial charge on any atom is -0.387 e. The molecule has 4 N–H and O–H groups in total. The molecule has 0 spiro atoms. The molecule has 4 aliphatic rings. The number of ether oxygens (including phenoxy) is 1. The van der Waals surface area contributed by atoms with E-state index in [1.54, 1.807) is 6.34 Å². The van der Waals surface area contributed by atoms with E-state index in [9.17, 15) is 20.6 Å². The zero-order chi connectivity index (χ0) is 15.0. The van der Waals surface area contributed by atoms with Gasteiger partial charge in [-0.15, -0.1) is 11.8 Å². The summed E-state index contributed by atoms with van der Waals surface area (Å²) in [5.74, 6) is 0. The van der Waals surface area contributed by atoms with Crippen molar-refractivity contribution in [1.82, 2.24) is 5.32 Å². The van der Waals surface area contributed by atoms with Gasteiger partial charge in [-0.1, -0.05) is 0 Å². The standard InChI is InChI=1S/C13H15N3O4S/c1-11-6(2-15-5-16-11)3-21-10(11)12(4-14)9(18)13(19)7(17)8(13)20-12/h3,5,7-10,17-19H,2H2,1H3,(H,15,16). The van der Waals surface area contributed by atoms with Crippen molar-refractivity contribution >= 4 is 18.1 Å². The third-order valence-corrected chi connectivity index (χ3v) is 6.61. The lowest BCUT2D eigenvalue weighted by Gasteiger charge is -2.44. The van der Waals surface area contributed by atoms with Gasteiger partial charge in [0.1, 0.15) is 24.4 Å². The van der Waals surface area contributed by atoms with Gasteiger partial charge in [0.15, 0.2) is 11.2 Å². The maximum atomic E-state index is 10.5. The third-order valence-electron chi connectivity index (χ3n) is 5.09. The molecule has 0 radical (unpaired) electrons. The highest BCUT2D eigenvalue weighted by Crippen LogP contribution is 2.60. The van der Waals surface area contributed by atoms with Crippen LogP contribution >= 0.6 is 11.8 Å². The van der Waals surface area contributed by atoms with E-state index in [1.165, 1.54) is 11.8 Å². The Kier molecular flexibility index (Phi) is 2.45. The summed E-state index contributed by atoms with van der Waals surface area (Å²) < 4.78 is 5.65. The largest absolute Gasteiger partial charge is 0.387 e. The first-order chi connectivity index (χ1) is 9.91. The molecule has 2 fully saturated rings. The van der Waals surface area contributed by atoms with Crippen LogP contribution in [0.4, 0.5) is 0 Å². The molecular formula is C13H15N3O4S. The molecule has 4 rings (SSSR count). The van der Waals surface area contributed by atoms with Crippen molar-refractivity contribution < 1.29 is 20.1 Å². The number of hydrogen-bond donors (Lipinski definition) is 4. The molecule has 8 heteroatoms. The lowest BCUT2D eigenvalue weighted by Crippen LogP contribution is -2.65. The van der Waals surface area contributed by atoms with E-state index in [4.69, 9.17) is 4.74 Å². The number of fused-ring (bicyclic) bond motifs is 2. The Morgan fingerprint density at radius 3 is 2.95 bits per heavy atom. The predicted molar refractivity (Wildman–Crippen MR) is 74.5 cm³/mol. The van der Waals surface area contributed by atoms with Crippen molar-refractivity contribution in [3.05, 3.63) is 11.0 Å². The summed E-state index contributed by atoms with van der Waals surface area (Å²) in [6, 6.07) is 2.05. The smallest absolute Gasteiger partial charge is 0.198 e. The number of aliphatic hydroxyl groups is 3. The first-order valence-corrected chi connectivity index (χ1v) is 7.64. The van der Waals surface area contributed by atoms with Crippen LogP contribution in [0.5, 0.6) is 0 Å². The molecule has 112 valence electrons. The summed E-state index contributed by atoms with van der Waals surface area (Å²) in [7, 11) is 0. The minimum atomic E-state index is -1.74. The fourth-order valence-electron chi connectivity index (χ4n) is 3.59. The first-order valence-electron chi connectivity index (χ1n) is 6.70. The quantitative estimate of drug-likeness (QED) is 0.466. The van der Waals surface area contributed by atoms with Gasteiger partial charge in [-0.05, 0) is 17.9 Å². The van der Waals surface area contributed by atoms with Gasteiger partial charge in [0.25, 0.3) is 0 Å². The minimum absolute atomic E-state index is 0.448. The lowest BCUT2D eigenvalue weighted by molar-refractivity contribution is -0.105. The molecule has 1 saturated heterocycles. The monoisotopic (exact) mass is 309 g/mol. The van der Waals surface area contributed by atoms with Gasteiger partial charge in [0, 0.05) is 0 Å². The number of rotatable bonds is 1. The van der Waals surface area contributed by atoms with Crippen molar-refractivity contribution in [1.29, 1.82) is 5.26 Å². The van der Waals surface area contributed by atoms with Gasteiger partial charge in [0.2, 0.25) is 0 Å². The molecule has 0 aromatic rings. The van der Waals surface area contributed by atoms with Crippen molar-refractivity contribution in [2.75, 3.05) is 6.54 Å². The number of aliphatic hydroxyl groups excluding tert-OH is 2. The molecule has 0 aromatic heterocycles. The summed E-state index contributed by atoms with van der Waals surface area (Å²) in [4.78, 5) is 4.15. The maximum Gasteiger partial charge on any atom is 0.198 e. The van der Waals surface area contributed by atoms with Gasteiger partial charge in [-0.2, -0.15) is 5.26 Å². The number of nitrogens with zero attached hydrogens (tertiary/aromatic N) is 2. The number of hydrogen-bond acceptors (Lipinski definition) is 8. The van der Waals surface area contributed by atoms with Crippen molar-refractivity contribution in [2.24, 2.45) is 4.99 Å². The van der Waals surface area contributed by atoms with Crippen LogP contribution in [0.15, 0.2) is 16.0 Å². The van der Waals surface area contributed by atoms with E-state index >= 15 is 0 Å². The Bertz CT molecular complexity index is 619. The number of nitrogens with one attached hydrogen (secondary N) is 1. The van der Waals surface area contributed by atoms with Crippen LogP contribution in [-0.4, -0.2) is 68.5 Å². The number of aliphatic imine (C=N–C) groups is 1. The van der Waals surface area contributed by atoms with E-state index in [0.29, 0.717) is 6.54 Å². The fraction of sp³-hybridized carbons (Fsp3) is 0.692.